The number of urea groups is 1. The predicted octanol–water partition coefficient (Wildman–Crippen LogP) is 1.16. The van der Waals surface area contributed by atoms with Crippen LogP contribution in [0.3, 0.4) is 0 Å². The molecule has 0 aliphatic rings. The number of carbonyl (C=O) groups excluding carboxylic acids is 1. The van der Waals surface area contributed by atoms with Crippen molar-refractivity contribution >= 4 is 33.6 Å². The molecule has 1 rings (SSSR count). The number of amides is 2. The fourth-order valence-electron chi connectivity index (χ4n) is 1.03. The number of carboxylic acid groups (broad SMARTS) is 1. The van der Waals surface area contributed by atoms with Gasteiger partial charge in [0, 0.05) is 5.69 Å². The highest BCUT2D eigenvalue weighted by atomic mass is 79.9. The quantitative estimate of drug-likeness (QED) is 0.669. The molecule has 6 nitrogen and oxygen atoms in total. The Morgan fingerprint density at radius 2 is 2.11 bits per heavy atom. The van der Waals surface area contributed by atoms with Gasteiger partial charge in [0.15, 0.2) is 6.10 Å². The standard InChI is InChI=1S/C10H10BrFN2O4/c11-6-3-5(1-2-7(6)12)14-10(18)13-4-8(15)9(16)17/h1-3,8,15H,4H2,(H,16,17)(H2,13,14,18)/t8-/m0/s1. The van der Waals surface area contributed by atoms with Crippen molar-refractivity contribution in [3.63, 3.8) is 0 Å². The van der Waals surface area contributed by atoms with E-state index in [-0.39, 0.29) is 4.47 Å². The van der Waals surface area contributed by atoms with Crippen LogP contribution in [0.25, 0.3) is 0 Å². The van der Waals surface area contributed by atoms with Crippen molar-refractivity contribution in [3.05, 3.63) is 28.5 Å². The van der Waals surface area contributed by atoms with E-state index in [4.69, 9.17) is 10.2 Å². The maximum atomic E-state index is 12.9. The first-order valence-electron chi connectivity index (χ1n) is 4.81. The molecule has 4 N–H and O–H groups in total. The third-order valence-corrected chi connectivity index (χ3v) is 2.53. The van der Waals surface area contributed by atoms with Gasteiger partial charge in [-0.25, -0.2) is 14.0 Å². The number of benzene rings is 1. The fourth-order valence-corrected chi connectivity index (χ4v) is 1.40. The average molecular weight is 321 g/mol. The van der Waals surface area contributed by atoms with E-state index in [1.54, 1.807) is 0 Å². The summed E-state index contributed by atoms with van der Waals surface area (Å²) in [6.45, 7) is -0.427. The van der Waals surface area contributed by atoms with Gasteiger partial charge < -0.3 is 20.8 Å². The lowest BCUT2D eigenvalue weighted by Gasteiger charge is -2.09. The summed E-state index contributed by atoms with van der Waals surface area (Å²) >= 11 is 2.95. The minimum Gasteiger partial charge on any atom is -0.479 e. The maximum Gasteiger partial charge on any atom is 0.334 e. The van der Waals surface area contributed by atoms with Crippen LogP contribution in [0.1, 0.15) is 0 Å². The van der Waals surface area contributed by atoms with E-state index in [2.05, 4.69) is 26.6 Å². The zero-order valence-corrected chi connectivity index (χ0v) is 10.6. The first-order valence-corrected chi connectivity index (χ1v) is 5.60. The zero-order chi connectivity index (χ0) is 13.7. The Hall–Kier alpha value is -1.67. The minimum atomic E-state index is -1.67. The van der Waals surface area contributed by atoms with Gasteiger partial charge in [-0.05, 0) is 34.1 Å². The average Bonchev–Trinajstić information content (AvgIpc) is 2.30. The molecule has 98 valence electrons. The van der Waals surface area contributed by atoms with Gasteiger partial charge in [0.2, 0.25) is 0 Å². The first kappa shape index (κ1) is 14.4. The number of rotatable bonds is 4. The van der Waals surface area contributed by atoms with Crippen LogP contribution >= 0.6 is 15.9 Å². The first-order chi connectivity index (χ1) is 8.40. The normalized spacial score (nSPS) is 11.7. The summed E-state index contributed by atoms with van der Waals surface area (Å²) in [6.07, 6.45) is -1.67. The van der Waals surface area contributed by atoms with Crippen molar-refractivity contribution in [3.8, 4) is 0 Å². The largest absolute Gasteiger partial charge is 0.479 e. The second-order valence-electron chi connectivity index (χ2n) is 3.32. The highest BCUT2D eigenvalue weighted by molar-refractivity contribution is 9.10. The minimum absolute atomic E-state index is 0.186. The van der Waals surface area contributed by atoms with Gasteiger partial charge in [0.25, 0.3) is 0 Å². The lowest BCUT2D eigenvalue weighted by Crippen LogP contribution is -2.38. The molecule has 0 saturated carbocycles. The molecule has 0 fully saturated rings. The van der Waals surface area contributed by atoms with Gasteiger partial charge in [-0.3, -0.25) is 0 Å². The second-order valence-corrected chi connectivity index (χ2v) is 4.17. The number of nitrogens with one attached hydrogen (secondary N) is 2. The Bertz CT molecular complexity index is 469. The van der Waals surface area contributed by atoms with Gasteiger partial charge in [-0.1, -0.05) is 0 Å². The van der Waals surface area contributed by atoms with Crippen LogP contribution in [0.2, 0.25) is 0 Å². The molecule has 0 spiro atoms. The van der Waals surface area contributed by atoms with E-state index >= 15 is 0 Å². The number of carboxylic acids is 1. The molecule has 1 atom stereocenters. The molecule has 0 saturated heterocycles. The van der Waals surface area contributed by atoms with Gasteiger partial charge in [0.1, 0.15) is 5.82 Å². The predicted molar refractivity (Wildman–Crippen MR) is 64.8 cm³/mol. The van der Waals surface area contributed by atoms with Crippen LogP contribution in [0, 0.1) is 5.82 Å². The third kappa shape index (κ3) is 4.30. The molecule has 0 radical (unpaired) electrons. The molecule has 1 aromatic carbocycles. The summed E-state index contributed by atoms with van der Waals surface area (Å²) < 4.78 is 13.1. The number of anilines is 1. The van der Waals surface area contributed by atoms with Crippen LogP contribution in [-0.4, -0.2) is 34.9 Å². The number of carbonyl (C=O) groups is 2. The third-order valence-electron chi connectivity index (χ3n) is 1.92. The summed E-state index contributed by atoms with van der Waals surface area (Å²) in [5, 5.41) is 21.8. The van der Waals surface area contributed by atoms with E-state index in [1.807, 2.05) is 0 Å². The number of hydrogen-bond donors (Lipinski definition) is 4. The van der Waals surface area contributed by atoms with Gasteiger partial charge in [-0.15, -0.1) is 0 Å². The summed E-state index contributed by atoms with van der Waals surface area (Å²) in [4.78, 5) is 21.6. The number of aliphatic hydroxyl groups excluding tert-OH is 1. The molecular formula is C10H10BrFN2O4. The monoisotopic (exact) mass is 320 g/mol. The lowest BCUT2D eigenvalue weighted by molar-refractivity contribution is -0.146. The maximum absolute atomic E-state index is 12.9. The Balaban J connectivity index is 2.49. The van der Waals surface area contributed by atoms with Gasteiger partial charge >= 0.3 is 12.0 Å². The van der Waals surface area contributed by atoms with E-state index in [1.165, 1.54) is 12.1 Å². The van der Waals surface area contributed by atoms with Crippen LogP contribution in [0.15, 0.2) is 22.7 Å². The number of hydrogen-bond acceptors (Lipinski definition) is 3. The Kier molecular flexibility index (Phi) is 5.05. The van der Waals surface area contributed by atoms with Gasteiger partial charge in [-0.2, -0.15) is 0 Å². The molecule has 0 bridgehead atoms. The van der Waals surface area contributed by atoms with Crippen LogP contribution < -0.4 is 10.6 Å². The van der Waals surface area contributed by atoms with E-state index < -0.39 is 30.5 Å². The molecule has 1 aromatic rings. The van der Waals surface area contributed by atoms with Crippen molar-refractivity contribution in [2.24, 2.45) is 0 Å². The Labute approximate surface area is 110 Å². The smallest absolute Gasteiger partial charge is 0.334 e. The van der Waals surface area contributed by atoms with Crippen molar-refractivity contribution in [2.45, 2.75) is 6.10 Å². The molecule has 0 aromatic heterocycles. The number of aliphatic carboxylic acids is 1. The molecule has 0 aliphatic heterocycles. The highest BCUT2D eigenvalue weighted by Crippen LogP contribution is 2.19. The van der Waals surface area contributed by atoms with Gasteiger partial charge in [0.05, 0.1) is 11.0 Å². The zero-order valence-electron chi connectivity index (χ0n) is 8.98. The molecule has 0 heterocycles. The van der Waals surface area contributed by atoms with E-state index in [0.29, 0.717) is 5.69 Å². The summed E-state index contributed by atoms with van der Waals surface area (Å²) in [5.74, 6) is -1.90. The topological polar surface area (TPSA) is 98.7 Å². The Morgan fingerprint density at radius 3 is 2.67 bits per heavy atom. The summed E-state index contributed by atoms with van der Waals surface area (Å²) in [5.41, 5.74) is 0.325. The fraction of sp³-hybridized carbons (Fsp3) is 0.200. The SMILES string of the molecule is O=C(NC[C@H](O)C(=O)O)Nc1ccc(F)c(Br)c1. The van der Waals surface area contributed by atoms with Crippen molar-refractivity contribution in [1.29, 1.82) is 0 Å². The van der Waals surface area contributed by atoms with Crippen LogP contribution in [-0.2, 0) is 4.79 Å². The molecule has 2 amide bonds. The molecule has 0 aliphatic carbocycles. The van der Waals surface area contributed by atoms with Crippen molar-refractivity contribution < 1.29 is 24.2 Å². The lowest BCUT2D eigenvalue weighted by atomic mass is 10.3. The molecule has 0 unspecified atom stereocenters. The van der Waals surface area contributed by atoms with Crippen molar-refractivity contribution in [2.75, 3.05) is 11.9 Å². The van der Waals surface area contributed by atoms with E-state index in [9.17, 15) is 14.0 Å². The second kappa shape index (κ2) is 6.31. The van der Waals surface area contributed by atoms with Crippen molar-refractivity contribution in [1.82, 2.24) is 5.32 Å². The molecule has 18 heavy (non-hydrogen) atoms. The summed E-state index contributed by atoms with van der Waals surface area (Å²) in [6, 6.07) is 3.15. The summed E-state index contributed by atoms with van der Waals surface area (Å²) in [7, 11) is 0. The number of halogens is 2. The Morgan fingerprint density at radius 1 is 1.44 bits per heavy atom. The van der Waals surface area contributed by atoms with Crippen LogP contribution in [0.5, 0.6) is 0 Å². The number of aliphatic hydroxyl groups is 1. The molecular weight excluding hydrogens is 311 g/mol. The van der Waals surface area contributed by atoms with E-state index in [0.717, 1.165) is 6.07 Å². The van der Waals surface area contributed by atoms with Crippen LogP contribution in [0.4, 0.5) is 14.9 Å². The molecule has 8 heteroatoms. The highest BCUT2D eigenvalue weighted by Gasteiger charge is 2.14.